The van der Waals surface area contributed by atoms with Crippen LogP contribution in [0.5, 0.6) is 0 Å². The summed E-state index contributed by atoms with van der Waals surface area (Å²) in [6, 6.07) is 9.58. The van der Waals surface area contributed by atoms with E-state index in [9.17, 15) is 9.59 Å². The van der Waals surface area contributed by atoms with Crippen molar-refractivity contribution >= 4 is 17.1 Å². The first kappa shape index (κ1) is 18.9. The summed E-state index contributed by atoms with van der Waals surface area (Å²) >= 11 is 0. The number of aromatic amines is 1. The number of carbonyl (C=O) groups is 1. The Morgan fingerprint density at radius 2 is 1.93 bits per heavy atom. The summed E-state index contributed by atoms with van der Waals surface area (Å²) in [6.07, 6.45) is 5.27. The molecule has 0 unspecified atom stereocenters. The first-order valence-corrected chi connectivity index (χ1v) is 10.7. The second-order valence-corrected chi connectivity index (χ2v) is 8.24. The molecule has 30 heavy (non-hydrogen) atoms. The molecule has 0 bridgehead atoms. The van der Waals surface area contributed by atoms with Crippen molar-refractivity contribution in [1.82, 2.24) is 19.7 Å². The number of nitrogens with zero attached hydrogens (tertiary/aromatic N) is 3. The van der Waals surface area contributed by atoms with Crippen LogP contribution >= 0.6 is 0 Å². The molecule has 1 saturated heterocycles. The van der Waals surface area contributed by atoms with Crippen molar-refractivity contribution in [1.29, 1.82) is 0 Å². The van der Waals surface area contributed by atoms with Gasteiger partial charge < -0.3 is 9.72 Å². The van der Waals surface area contributed by atoms with Crippen LogP contribution in [0.3, 0.4) is 0 Å². The Balaban J connectivity index is 1.48. The first-order valence-electron chi connectivity index (χ1n) is 10.7. The molecule has 5 rings (SSSR count). The van der Waals surface area contributed by atoms with Gasteiger partial charge in [0.15, 0.2) is 0 Å². The van der Waals surface area contributed by atoms with Crippen LogP contribution in [0.15, 0.2) is 35.1 Å². The summed E-state index contributed by atoms with van der Waals surface area (Å²) in [5.74, 6) is 0. The fourth-order valence-electron chi connectivity index (χ4n) is 4.91. The maximum Gasteiger partial charge on any atom is 0.410 e. The summed E-state index contributed by atoms with van der Waals surface area (Å²) < 4.78 is 7.35. The van der Waals surface area contributed by atoms with E-state index in [-0.39, 0.29) is 24.3 Å². The molecular weight excluding hydrogens is 380 g/mol. The number of rotatable bonds is 3. The topological polar surface area (TPSA) is 80.2 Å². The number of carbonyl (C=O) groups excluding carboxylic acids is 1. The second kappa shape index (κ2) is 7.63. The first-order chi connectivity index (χ1) is 14.6. The molecule has 1 N–H and O–H groups in total. The van der Waals surface area contributed by atoms with Gasteiger partial charge in [0.05, 0.1) is 11.7 Å². The highest BCUT2D eigenvalue weighted by Crippen LogP contribution is 2.38. The number of hydrogen-bond donors (Lipinski definition) is 1. The summed E-state index contributed by atoms with van der Waals surface area (Å²) in [4.78, 5) is 30.3. The number of amides is 1. The lowest BCUT2D eigenvalue weighted by atomic mass is 9.89. The number of pyridine rings is 1. The molecule has 2 aliphatic rings. The van der Waals surface area contributed by atoms with Crippen molar-refractivity contribution in [3.05, 3.63) is 63.1 Å². The average Bonchev–Trinajstić information content (AvgIpc) is 3.38. The molecule has 1 atom stereocenters. The van der Waals surface area contributed by atoms with E-state index in [4.69, 9.17) is 9.84 Å². The number of ether oxygens (including phenoxy) is 1. The van der Waals surface area contributed by atoms with Crippen LogP contribution in [-0.4, -0.2) is 32.3 Å². The Bertz CT molecular complexity index is 1150. The number of benzene rings is 1. The van der Waals surface area contributed by atoms with Crippen molar-refractivity contribution in [2.24, 2.45) is 7.05 Å². The van der Waals surface area contributed by atoms with E-state index < -0.39 is 0 Å². The van der Waals surface area contributed by atoms with Crippen LogP contribution in [0.2, 0.25) is 0 Å². The molecule has 0 spiro atoms. The average molecular weight is 406 g/mol. The summed E-state index contributed by atoms with van der Waals surface area (Å²) in [5.41, 5.74) is 4.61. The second-order valence-electron chi connectivity index (χ2n) is 8.24. The van der Waals surface area contributed by atoms with Gasteiger partial charge in [-0.05, 0) is 49.7 Å². The predicted octanol–water partition coefficient (Wildman–Crippen LogP) is 3.61. The minimum Gasteiger partial charge on any atom is -0.445 e. The van der Waals surface area contributed by atoms with E-state index in [1.54, 1.807) is 9.58 Å². The van der Waals surface area contributed by atoms with Crippen LogP contribution in [0, 0.1) is 0 Å². The monoisotopic (exact) mass is 406 g/mol. The van der Waals surface area contributed by atoms with E-state index in [0.29, 0.717) is 6.54 Å². The van der Waals surface area contributed by atoms with Gasteiger partial charge in [0, 0.05) is 24.5 Å². The number of aromatic nitrogens is 3. The Labute approximate surface area is 174 Å². The predicted molar refractivity (Wildman–Crippen MR) is 113 cm³/mol. The SMILES string of the molecule is Cn1nc([C@H]2CCCN2C(=O)OCc2ccccc2)c2c3c(c(=O)[nH]c21)CCCC3. The van der Waals surface area contributed by atoms with Crippen molar-refractivity contribution < 1.29 is 9.53 Å². The van der Waals surface area contributed by atoms with Crippen molar-refractivity contribution in [3.8, 4) is 0 Å². The number of hydrogen-bond acceptors (Lipinski definition) is 4. The zero-order chi connectivity index (χ0) is 20.7. The number of likely N-dealkylation sites (tertiary alicyclic amines) is 1. The molecule has 1 aliphatic carbocycles. The van der Waals surface area contributed by atoms with E-state index >= 15 is 0 Å². The number of aryl methyl sites for hydroxylation is 2. The van der Waals surface area contributed by atoms with Gasteiger partial charge >= 0.3 is 6.09 Å². The molecule has 1 fully saturated rings. The van der Waals surface area contributed by atoms with Crippen LogP contribution in [0.1, 0.15) is 54.1 Å². The molecule has 7 nitrogen and oxygen atoms in total. The molecule has 1 aliphatic heterocycles. The van der Waals surface area contributed by atoms with Gasteiger partial charge in [-0.25, -0.2) is 4.79 Å². The van der Waals surface area contributed by atoms with Gasteiger partial charge in [-0.3, -0.25) is 14.4 Å². The third-order valence-corrected chi connectivity index (χ3v) is 6.36. The summed E-state index contributed by atoms with van der Waals surface area (Å²) in [6.45, 7) is 0.913. The minimum atomic E-state index is -0.307. The van der Waals surface area contributed by atoms with Crippen molar-refractivity contribution in [2.75, 3.05) is 6.54 Å². The molecule has 3 aromatic rings. The van der Waals surface area contributed by atoms with Crippen molar-refractivity contribution in [3.63, 3.8) is 0 Å². The standard InChI is InChI=1S/C23H26N4O3/c1-26-21-19(16-10-5-6-11-17(16)22(28)24-21)20(25-26)18-12-7-13-27(18)23(29)30-14-15-8-3-2-4-9-15/h2-4,8-9,18H,5-7,10-14H2,1H3,(H,24,28)/t18-/m1/s1. The van der Waals surface area contributed by atoms with E-state index in [0.717, 1.165) is 71.9 Å². The third kappa shape index (κ3) is 3.18. The van der Waals surface area contributed by atoms with Gasteiger partial charge in [0.2, 0.25) is 0 Å². The Hall–Kier alpha value is -3.09. The van der Waals surface area contributed by atoms with Crippen molar-refractivity contribution in [2.45, 2.75) is 51.2 Å². The van der Waals surface area contributed by atoms with Gasteiger partial charge in [-0.2, -0.15) is 5.10 Å². The third-order valence-electron chi connectivity index (χ3n) is 6.36. The number of H-pyrrole nitrogens is 1. The van der Waals surface area contributed by atoms with Crippen LogP contribution < -0.4 is 5.56 Å². The zero-order valence-electron chi connectivity index (χ0n) is 17.2. The lowest BCUT2D eigenvalue weighted by molar-refractivity contribution is 0.0916. The lowest BCUT2D eigenvalue weighted by Crippen LogP contribution is -2.31. The highest BCUT2D eigenvalue weighted by molar-refractivity contribution is 5.84. The number of fused-ring (bicyclic) bond motifs is 3. The van der Waals surface area contributed by atoms with E-state index in [1.165, 1.54) is 0 Å². The smallest absolute Gasteiger partial charge is 0.410 e. The van der Waals surface area contributed by atoms with Gasteiger partial charge in [0.25, 0.3) is 5.56 Å². The fraction of sp³-hybridized carbons (Fsp3) is 0.435. The van der Waals surface area contributed by atoms with Crippen LogP contribution in [0.25, 0.3) is 11.0 Å². The summed E-state index contributed by atoms with van der Waals surface area (Å²) in [7, 11) is 1.85. The summed E-state index contributed by atoms with van der Waals surface area (Å²) in [5, 5.41) is 5.80. The molecule has 7 heteroatoms. The Morgan fingerprint density at radius 1 is 1.17 bits per heavy atom. The molecule has 2 aromatic heterocycles. The van der Waals surface area contributed by atoms with E-state index in [1.807, 2.05) is 37.4 Å². The molecule has 1 aromatic carbocycles. The molecule has 1 amide bonds. The Morgan fingerprint density at radius 3 is 2.73 bits per heavy atom. The molecule has 0 radical (unpaired) electrons. The van der Waals surface area contributed by atoms with E-state index in [2.05, 4.69) is 4.98 Å². The quantitative estimate of drug-likeness (QED) is 0.721. The van der Waals surface area contributed by atoms with Crippen LogP contribution in [-0.2, 0) is 31.2 Å². The number of nitrogens with one attached hydrogen (secondary N) is 1. The van der Waals surface area contributed by atoms with Gasteiger partial charge in [0.1, 0.15) is 12.3 Å². The fourth-order valence-corrected chi connectivity index (χ4v) is 4.91. The maximum absolute atomic E-state index is 12.9. The van der Waals surface area contributed by atoms with Crippen LogP contribution in [0.4, 0.5) is 4.79 Å². The van der Waals surface area contributed by atoms with Gasteiger partial charge in [-0.15, -0.1) is 0 Å². The lowest BCUT2D eigenvalue weighted by Gasteiger charge is -2.24. The highest BCUT2D eigenvalue weighted by Gasteiger charge is 2.35. The highest BCUT2D eigenvalue weighted by atomic mass is 16.6. The maximum atomic E-state index is 12.9. The Kier molecular flexibility index (Phi) is 4.81. The molecule has 0 saturated carbocycles. The largest absolute Gasteiger partial charge is 0.445 e. The van der Waals surface area contributed by atoms with Gasteiger partial charge in [-0.1, -0.05) is 30.3 Å². The normalized spacial score (nSPS) is 18.6. The molecular formula is C23H26N4O3. The minimum absolute atomic E-state index is 0.00250. The molecule has 156 valence electrons. The zero-order valence-corrected chi connectivity index (χ0v) is 17.2. The molecule has 3 heterocycles.